The Morgan fingerprint density at radius 1 is 0.973 bits per heavy atom. The molecule has 0 spiro atoms. The Kier molecular flexibility index (Phi) is 7.83. The number of amides is 1. The second-order valence-corrected chi connectivity index (χ2v) is 10.2. The van der Waals surface area contributed by atoms with Gasteiger partial charge in [-0.2, -0.15) is 5.10 Å². The van der Waals surface area contributed by atoms with Gasteiger partial charge in [0.25, 0.3) is 5.91 Å². The number of aromatic nitrogens is 3. The number of carboxylic acid groups (broad SMARTS) is 1. The molecule has 37 heavy (non-hydrogen) atoms. The van der Waals surface area contributed by atoms with E-state index in [2.05, 4.69) is 53.6 Å². The van der Waals surface area contributed by atoms with Crippen LogP contribution in [-0.2, 0) is 10.2 Å². The summed E-state index contributed by atoms with van der Waals surface area (Å²) in [5, 5.41) is 24.4. The van der Waals surface area contributed by atoms with E-state index in [4.69, 9.17) is 0 Å². The zero-order valence-electron chi connectivity index (χ0n) is 20.7. The van der Waals surface area contributed by atoms with Gasteiger partial charge in [-0.1, -0.05) is 99.3 Å². The van der Waals surface area contributed by atoms with E-state index in [0.717, 1.165) is 11.3 Å². The van der Waals surface area contributed by atoms with Gasteiger partial charge >= 0.3 is 0 Å². The van der Waals surface area contributed by atoms with E-state index in [0.29, 0.717) is 16.5 Å². The van der Waals surface area contributed by atoms with Crippen LogP contribution in [0.5, 0.6) is 0 Å². The molecule has 0 radical (unpaired) electrons. The molecule has 188 valence electrons. The van der Waals surface area contributed by atoms with Crippen molar-refractivity contribution in [1.29, 1.82) is 0 Å². The summed E-state index contributed by atoms with van der Waals surface area (Å²) in [6.07, 6.45) is 1.28. The van der Waals surface area contributed by atoms with Crippen molar-refractivity contribution in [1.82, 2.24) is 20.2 Å². The van der Waals surface area contributed by atoms with E-state index in [9.17, 15) is 14.7 Å². The largest absolute Gasteiger partial charge is 0.545 e. The molecule has 0 unspecified atom stereocenters. The first kappa shape index (κ1) is 25.8. The molecule has 0 fully saturated rings. The van der Waals surface area contributed by atoms with Gasteiger partial charge in [0.05, 0.1) is 17.9 Å². The van der Waals surface area contributed by atoms with Crippen LogP contribution in [0.25, 0.3) is 17.1 Å². The highest BCUT2D eigenvalue weighted by atomic mass is 32.2. The molecule has 0 saturated carbocycles. The first-order valence-corrected chi connectivity index (χ1v) is 12.6. The van der Waals surface area contributed by atoms with E-state index in [1.165, 1.54) is 29.6 Å². The van der Waals surface area contributed by atoms with Crippen LogP contribution >= 0.6 is 11.8 Å². The lowest BCUT2D eigenvalue weighted by Gasteiger charge is -2.19. The van der Waals surface area contributed by atoms with Crippen LogP contribution < -0.4 is 10.5 Å². The molecule has 0 aliphatic rings. The van der Waals surface area contributed by atoms with Crippen LogP contribution in [0, 0.1) is 0 Å². The van der Waals surface area contributed by atoms with Crippen molar-refractivity contribution in [2.75, 3.05) is 5.75 Å². The minimum absolute atomic E-state index is 0.00565. The summed E-state index contributed by atoms with van der Waals surface area (Å²) in [4.78, 5) is 23.7. The minimum Gasteiger partial charge on any atom is -0.545 e. The number of nitrogens with one attached hydrogen (secondary N) is 1. The quantitative estimate of drug-likeness (QED) is 0.218. The maximum absolute atomic E-state index is 12.4. The lowest BCUT2D eigenvalue weighted by atomic mass is 9.87. The third-order valence-electron chi connectivity index (χ3n) is 5.56. The first-order chi connectivity index (χ1) is 17.7. The number of carbonyl (C=O) groups is 2. The fraction of sp³-hybridized carbons (Fsp3) is 0.179. The van der Waals surface area contributed by atoms with Crippen LogP contribution in [0.2, 0.25) is 0 Å². The first-order valence-electron chi connectivity index (χ1n) is 11.6. The van der Waals surface area contributed by atoms with Gasteiger partial charge in [-0.15, -0.1) is 10.2 Å². The summed E-state index contributed by atoms with van der Waals surface area (Å²) < 4.78 is 1.92. The molecule has 4 aromatic rings. The standard InChI is InChI=1S/C28H27N5O3S/c1-28(2,3)21-15-13-19(14-16-21)25-31-32-27(33(25)22-10-5-4-6-11-22)37-18-24(34)30-29-17-20-9-7-8-12-23(20)26(35)36/h4-17H,18H2,1-3H3,(H,30,34)(H,35,36)/p-1/b29-17-. The molecule has 0 aliphatic carbocycles. The Bertz CT molecular complexity index is 1420. The van der Waals surface area contributed by atoms with Gasteiger partial charge in [0, 0.05) is 22.4 Å². The lowest BCUT2D eigenvalue weighted by molar-refractivity contribution is -0.255. The highest BCUT2D eigenvalue weighted by Gasteiger charge is 2.19. The molecule has 0 saturated heterocycles. The monoisotopic (exact) mass is 512 g/mol. The summed E-state index contributed by atoms with van der Waals surface area (Å²) >= 11 is 1.23. The third-order valence-corrected chi connectivity index (χ3v) is 6.49. The van der Waals surface area contributed by atoms with Crippen molar-refractivity contribution in [2.45, 2.75) is 31.3 Å². The Hall–Kier alpha value is -4.24. The number of carbonyl (C=O) groups excluding carboxylic acids is 2. The Balaban J connectivity index is 1.51. The SMILES string of the molecule is CC(C)(C)c1ccc(-c2nnc(SCC(=O)N/N=C\c3ccccc3C(=O)[O-])n2-c2ccccc2)cc1. The van der Waals surface area contributed by atoms with Crippen molar-refractivity contribution in [2.24, 2.45) is 5.10 Å². The number of hydrazone groups is 1. The van der Waals surface area contributed by atoms with Crippen LogP contribution in [0.4, 0.5) is 0 Å². The Labute approximate surface area is 219 Å². The zero-order chi connectivity index (χ0) is 26.4. The fourth-order valence-electron chi connectivity index (χ4n) is 3.61. The van der Waals surface area contributed by atoms with Crippen molar-refractivity contribution in [3.63, 3.8) is 0 Å². The minimum atomic E-state index is -1.31. The van der Waals surface area contributed by atoms with Crippen LogP contribution in [-0.4, -0.2) is 38.6 Å². The van der Waals surface area contributed by atoms with Crippen molar-refractivity contribution in [3.05, 3.63) is 95.6 Å². The lowest BCUT2D eigenvalue weighted by Crippen LogP contribution is -2.24. The topological polar surface area (TPSA) is 112 Å². The second-order valence-electron chi connectivity index (χ2n) is 9.26. The fourth-order valence-corrected chi connectivity index (χ4v) is 4.36. The molecule has 1 aromatic heterocycles. The third kappa shape index (κ3) is 6.31. The molecular weight excluding hydrogens is 486 g/mol. The van der Waals surface area contributed by atoms with Crippen LogP contribution in [0.3, 0.4) is 0 Å². The number of nitrogens with zero attached hydrogens (tertiary/aromatic N) is 4. The average molecular weight is 513 g/mol. The highest BCUT2D eigenvalue weighted by molar-refractivity contribution is 7.99. The number of carboxylic acids is 1. The van der Waals surface area contributed by atoms with E-state index in [-0.39, 0.29) is 22.6 Å². The predicted octanol–water partition coefficient (Wildman–Crippen LogP) is 3.84. The summed E-state index contributed by atoms with van der Waals surface area (Å²) in [7, 11) is 0. The molecule has 1 heterocycles. The second kappa shape index (κ2) is 11.2. The number of thioether (sulfide) groups is 1. The molecule has 8 nitrogen and oxygen atoms in total. The van der Waals surface area contributed by atoms with Crippen molar-refractivity contribution >= 4 is 29.9 Å². The number of rotatable bonds is 8. The molecule has 1 amide bonds. The number of hydrogen-bond donors (Lipinski definition) is 1. The molecule has 0 atom stereocenters. The van der Waals surface area contributed by atoms with Crippen LogP contribution in [0.1, 0.15) is 42.3 Å². The van der Waals surface area contributed by atoms with E-state index < -0.39 is 5.97 Å². The summed E-state index contributed by atoms with van der Waals surface area (Å²) in [5.74, 6) is -0.974. The average Bonchev–Trinajstić information content (AvgIpc) is 3.32. The molecule has 1 N–H and O–H groups in total. The van der Waals surface area contributed by atoms with Gasteiger partial charge < -0.3 is 9.90 Å². The van der Waals surface area contributed by atoms with Gasteiger partial charge in [0.2, 0.25) is 0 Å². The highest BCUT2D eigenvalue weighted by Crippen LogP contribution is 2.30. The van der Waals surface area contributed by atoms with Crippen LogP contribution in [0.15, 0.2) is 89.1 Å². The molecule has 0 aliphatic heterocycles. The summed E-state index contributed by atoms with van der Waals surface area (Å²) in [5.41, 5.74) is 5.80. The van der Waals surface area contributed by atoms with Crippen molar-refractivity contribution in [3.8, 4) is 17.1 Å². The van der Waals surface area contributed by atoms with Crippen molar-refractivity contribution < 1.29 is 14.7 Å². The predicted molar refractivity (Wildman–Crippen MR) is 143 cm³/mol. The van der Waals surface area contributed by atoms with E-state index in [1.54, 1.807) is 18.2 Å². The number of aromatic carboxylic acids is 1. The van der Waals surface area contributed by atoms with Gasteiger partial charge in [-0.3, -0.25) is 9.36 Å². The molecule has 0 bridgehead atoms. The summed E-state index contributed by atoms with van der Waals surface area (Å²) in [6.45, 7) is 6.50. The molecule has 4 rings (SSSR count). The number of para-hydroxylation sites is 1. The normalized spacial score (nSPS) is 11.5. The summed E-state index contributed by atoms with van der Waals surface area (Å²) in [6, 6.07) is 24.2. The number of benzene rings is 3. The van der Waals surface area contributed by atoms with Gasteiger partial charge in [0.1, 0.15) is 0 Å². The zero-order valence-corrected chi connectivity index (χ0v) is 21.5. The Morgan fingerprint density at radius 3 is 2.32 bits per heavy atom. The van der Waals surface area contributed by atoms with Gasteiger partial charge in [-0.05, 0) is 23.1 Å². The molecule has 3 aromatic carbocycles. The van der Waals surface area contributed by atoms with Gasteiger partial charge in [0.15, 0.2) is 11.0 Å². The van der Waals surface area contributed by atoms with E-state index in [1.807, 2.05) is 47.0 Å². The maximum atomic E-state index is 12.4. The Morgan fingerprint density at radius 2 is 1.65 bits per heavy atom. The molecule has 9 heteroatoms. The number of hydrogen-bond acceptors (Lipinski definition) is 7. The smallest absolute Gasteiger partial charge is 0.250 e. The van der Waals surface area contributed by atoms with Gasteiger partial charge in [-0.25, -0.2) is 5.43 Å². The molecular formula is C28H26N5O3S-. The van der Waals surface area contributed by atoms with E-state index >= 15 is 0 Å². The maximum Gasteiger partial charge on any atom is 0.250 e.